The average Bonchev–Trinajstić information content (AvgIpc) is 2.57. The molecule has 0 bridgehead atoms. The third-order valence-electron chi connectivity index (χ3n) is 4.58. The van der Waals surface area contributed by atoms with E-state index in [1.54, 1.807) is 0 Å². The summed E-state index contributed by atoms with van der Waals surface area (Å²) in [5, 5.41) is 0. The zero-order valence-corrected chi connectivity index (χ0v) is 15.6. The molecule has 1 aliphatic carbocycles. The first-order valence-electron chi connectivity index (χ1n) is 8.25. The highest BCUT2D eigenvalue weighted by atomic mass is 32.1. The van der Waals surface area contributed by atoms with Crippen molar-refractivity contribution in [1.82, 2.24) is 0 Å². The molecule has 126 valence electrons. The van der Waals surface area contributed by atoms with Gasteiger partial charge in [0.05, 0.1) is 0 Å². The average molecular weight is 346 g/mol. The molecule has 1 aliphatic rings. The molecule has 0 unspecified atom stereocenters. The first-order valence-corrected chi connectivity index (χ1v) is 8.65. The van der Waals surface area contributed by atoms with E-state index in [0.717, 1.165) is 55.2 Å². The molecule has 0 radical (unpaired) electrons. The van der Waals surface area contributed by atoms with Gasteiger partial charge in [-0.1, -0.05) is 30.4 Å². The molecule has 0 heterocycles. The van der Waals surface area contributed by atoms with Crippen LogP contribution in [-0.2, 0) is 0 Å². The zero-order chi connectivity index (χ0) is 18.1. The molecule has 0 spiro atoms. The van der Waals surface area contributed by atoms with Crippen LogP contribution in [0, 0.1) is 13.8 Å². The quantitative estimate of drug-likeness (QED) is 0.583. The van der Waals surface area contributed by atoms with Gasteiger partial charge < -0.3 is 11.5 Å². The molecular formula is C22H22N2S. The predicted octanol–water partition coefficient (Wildman–Crippen LogP) is 5.16. The van der Waals surface area contributed by atoms with Gasteiger partial charge in [0.15, 0.2) is 0 Å². The van der Waals surface area contributed by atoms with E-state index in [0.29, 0.717) is 0 Å². The molecule has 4 N–H and O–H groups in total. The number of rotatable bonds is 2. The van der Waals surface area contributed by atoms with Crippen molar-refractivity contribution in [2.45, 2.75) is 20.8 Å². The summed E-state index contributed by atoms with van der Waals surface area (Å²) in [6.45, 7) is 6.11. The highest BCUT2D eigenvalue weighted by Crippen LogP contribution is 2.33. The standard InChI is InChI=1S/C22H22N2S/c1-13-10-16(4-7-19(13)23)22(17-5-8-20(24)14(2)11-17)18-6-9-21(25)15(3)12-18/h4-12H,23-24H2,1-3H3. The van der Waals surface area contributed by atoms with Gasteiger partial charge in [-0.05, 0) is 96.2 Å². The lowest BCUT2D eigenvalue weighted by Gasteiger charge is -2.17. The molecule has 0 aliphatic heterocycles. The second kappa shape index (κ2) is 6.69. The maximum Gasteiger partial charge on any atom is 0.0406 e. The molecule has 3 rings (SSSR count). The molecule has 0 amide bonds. The van der Waals surface area contributed by atoms with Crippen molar-refractivity contribution in [2.75, 3.05) is 11.5 Å². The van der Waals surface area contributed by atoms with Gasteiger partial charge in [0.2, 0.25) is 0 Å². The number of hydrogen-bond donors (Lipinski definition) is 2. The lowest BCUT2D eigenvalue weighted by Crippen LogP contribution is -2.02. The number of nitrogens with two attached hydrogens (primary N) is 2. The molecule has 0 saturated heterocycles. The van der Waals surface area contributed by atoms with Crippen molar-refractivity contribution in [3.8, 4) is 0 Å². The summed E-state index contributed by atoms with van der Waals surface area (Å²) in [5.41, 5.74) is 21.4. The predicted molar refractivity (Wildman–Crippen MR) is 113 cm³/mol. The van der Waals surface area contributed by atoms with Gasteiger partial charge in [0.25, 0.3) is 0 Å². The van der Waals surface area contributed by atoms with Crippen LogP contribution in [-0.4, -0.2) is 4.86 Å². The van der Waals surface area contributed by atoms with Crippen molar-refractivity contribution in [3.05, 3.63) is 88.0 Å². The number of allylic oxidation sites excluding steroid dienone is 5. The van der Waals surface area contributed by atoms with E-state index in [2.05, 4.69) is 36.4 Å². The summed E-state index contributed by atoms with van der Waals surface area (Å²) in [7, 11) is 0. The van der Waals surface area contributed by atoms with Gasteiger partial charge >= 0.3 is 0 Å². The minimum atomic E-state index is 0.800. The molecule has 2 aromatic carbocycles. The molecule has 3 heteroatoms. The van der Waals surface area contributed by atoms with E-state index >= 15 is 0 Å². The lowest BCUT2D eigenvalue weighted by atomic mass is 9.88. The van der Waals surface area contributed by atoms with E-state index in [1.165, 1.54) is 0 Å². The van der Waals surface area contributed by atoms with Crippen LogP contribution in [0.2, 0.25) is 0 Å². The van der Waals surface area contributed by atoms with Crippen LogP contribution < -0.4 is 11.5 Å². The van der Waals surface area contributed by atoms with Gasteiger partial charge in [-0.25, -0.2) is 0 Å². The van der Waals surface area contributed by atoms with Crippen molar-refractivity contribution in [2.24, 2.45) is 0 Å². The highest BCUT2D eigenvalue weighted by molar-refractivity contribution is 7.81. The van der Waals surface area contributed by atoms with Gasteiger partial charge in [-0.3, -0.25) is 0 Å². The first-order chi connectivity index (χ1) is 11.9. The third-order valence-corrected chi connectivity index (χ3v) is 5.04. The Bertz CT molecular complexity index is 908. The third kappa shape index (κ3) is 3.42. The summed E-state index contributed by atoms with van der Waals surface area (Å²) in [6, 6.07) is 12.3. The van der Waals surface area contributed by atoms with Gasteiger partial charge in [-0.2, -0.15) is 0 Å². The molecular weight excluding hydrogens is 324 g/mol. The van der Waals surface area contributed by atoms with E-state index < -0.39 is 0 Å². The number of anilines is 2. The molecule has 25 heavy (non-hydrogen) atoms. The minimum Gasteiger partial charge on any atom is -0.399 e. The largest absolute Gasteiger partial charge is 0.399 e. The Labute approximate surface area is 154 Å². The fourth-order valence-electron chi connectivity index (χ4n) is 2.97. The number of benzene rings is 2. The fourth-order valence-corrected chi connectivity index (χ4v) is 3.09. The summed E-state index contributed by atoms with van der Waals surface area (Å²) in [4.78, 5) is 0.880. The maximum atomic E-state index is 6.01. The van der Waals surface area contributed by atoms with Crippen LogP contribution in [0.25, 0.3) is 5.57 Å². The Hall–Kier alpha value is -2.65. The maximum absolute atomic E-state index is 6.01. The SMILES string of the molecule is CC1=CC(=C(c2ccc(N)c(C)c2)c2ccc(N)c(C)c2)C=CC1=S. The normalized spacial score (nSPS) is 13.8. The molecule has 0 saturated carbocycles. The second-order valence-electron chi connectivity index (χ2n) is 6.50. The van der Waals surface area contributed by atoms with E-state index in [-0.39, 0.29) is 0 Å². The van der Waals surface area contributed by atoms with Gasteiger partial charge in [0.1, 0.15) is 0 Å². The van der Waals surface area contributed by atoms with Crippen LogP contribution in [0.1, 0.15) is 29.2 Å². The van der Waals surface area contributed by atoms with Crippen LogP contribution >= 0.6 is 12.2 Å². The van der Waals surface area contributed by atoms with Crippen molar-refractivity contribution in [1.29, 1.82) is 0 Å². The van der Waals surface area contributed by atoms with Crippen molar-refractivity contribution in [3.63, 3.8) is 0 Å². The summed E-state index contributed by atoms with van der Waals surface area (Å²) < 4.78 is 0. The van der Waals surface area contributed by atoms with E-state index in [1.807, 2.05) is 39.0 Å². The molecule has 0 atom stereocenters. The van der Waals surface area contributed by atoms with Gasteiger partial charge in [0, 0.05) is 16.2 Å². The Morgan fingerprint density at radius 3 is 1.76 bits per heavy atom. The zero-order valence-electron chi connectivity index (χ0n) is 14.8. The Morgan fingerprint density at radius 2 is 1.32 bits per heavy atom. The lowest BCUT2D eigenvalue weighted by molar-refractivity contribution is 1.40. The topological polar surface area (TPSA) is 52.0 Å². The number of nitrogen functional groups attached to an aromatic ring is 2. The molecule has 0 fully saturated rings. The molecule has 2 aromatic rings. The van der Waals surface area contributed by atoms with Crippen LogP contribution in [0.15, 0.2) is 65.8 Å². The highest BCUT2D eigenvalue weighted by Gasteiger charge is 2.14. The van der Waals surface area contributed by atoms with Gasteiger partial charge in [-0.15, -0.1) is 0 Å². The van der Waals surface area contributed by atoms with E-state index in [9.17, 15) is 0 Å². The number of hydrogen-bond acceptors (Lipinski definition) is 3. The van der Waals surface area contributed by atoms with Crippen molar-refractivity contribution >= 4 is 34.0 Å². The summed E-state index contributed by atoms with van der Waals surface area (Å²) in [5.74, 6) is 0. The summed E-state index contributed by atoms with van der Waals surface area (Å²) in [6.07, 6.45) is 6.23. The minimum absolute atomic E-state index is 0.800. The van der Waals surface area contributed by atoms with Crippen LogP contribution in [0.5, 0.6) is 0 Å². The molecule has 2 nitrogen and oxygen atoms in total. The smallest absolute Gasteiger partial charge is 0.0406 e. The number of aryl methyl sites for hydroxylation is 2. The Kier molecular flexibility index (Phi) is 4.60. The number of thiocarbonyl (C=S) groups is 1. The monoisotopic (exact) mass is 346 g/mol. The summed E-state index contributed by atoms with van der Waals surface area (Å²) >= 11 is 5.37. The van der Waals surface area contributed by atoms with Crippen LogP contribution in [0.3, 0.4) is 0 Å². The van der Waals surface area contributed by atoms with Crippen molar-refractivity contribution < 1.29 is 0 Å². The second-order valence-corrected chi connectivity index (χ2v) is 6.94. The fraction of sp³-hybridized carbons (Fsp3) is 0.136. The van der Waals surface area contributed by atoms with Crippen LogP contribution in [0.4, 0.5) is 11.4 Å². The Balaban J connectivity index is 2.28. The molecule has 0 aromatic heterocycles. The van der Waals surface area contributed by atoms with E-state index in [4.69, 9.17) is 23.7 Å². The first kappa shape index (κ1) is 17.2. The Morgan fingerprint density at radius 1 is 0.800 bits per heavy atom.